The zero-order valence-corrected chi connectivity index (χ0v) is 21.4. The molecule has 12 nitrogen and oxygen atoms in total. The molecule has 0 bridgehead atoms. The van der Waals surface area contributed by atoms with E-state index in [0.717, 1.165) is 0 Å². The molecule has 0 unspecified atom stereocenters. The van der Waals surface area contributed by atoms with Crippen LogP contribution in [-0.4, -0.2) is 45.1 Å². The normalized spacial score (nSPS) is 11.5. The molecule has 0 saturated heterocycles. The number of para-hydroxylation sites is 2. The Morgan fingerprint density at radius 2 is 1.00 bits per heavy atom. The first-order chi connectivity index (χ1) is 19.5. The first kappa shape index (κ1) is 25.8. The van der Waals surface area contributed by atoms with Crippen molar-refractivity contribution < 1.29 is 19.1 Å². The smallest absolute Gasteiger partial charge is 0.359 e. The molecule has 1 aliphatic rings. The van der Waals surface area contributed by atoms with E-state index in [1.54, 1.807) is 72.2 Å². The van der Waals surface area contributed by atoms with Crippen molar-refractivity contribution in [2.24, 2.45) is 0 Å². The van der Waals surface area contributed by atoms with Gasteiger partial charge in [0, 0.05) is 11.4 Å². The van der Waals surface area contributed by atoms with Crippen molar-refractivity contribution in [3.63, 3.8) is 0 Å². The molecule has 2 aromatic carbocycles. The molecule has 12 heteroatoms. The van der Waals surface area contributed by atoms with Gasteiger partial charge in [0.25, 0.3) is 0 Å². The Morgan fingerprint density at radius 1 is 0.650 bits per heavy atom. The molecule has 0 atom stereocenters. The molecule has 3 heterocycles. The molecule has 0 saturated carbocycles. The average Bonchev–Trinajstić information content (AvgIpc) is 2.99. The van der Waals surface area contributed by atoms with E-state index < -0.39 is 11.9 Å². The number of ether oxygens (including phenoxy) is 2. The number of esters is 2. The van der Waals surface area contributed by atoms with E-state index in [9.17, 15) is 20.1 Å². The molecule has 0 fully saturated rings. The summed E-state index contributed by atoms with van der Waals surface area (Å²) >= 11 is 0. The Labute approximate surface area is 228 Å². The van der Waals surface area contributed by atoms with Crippen molar-refractivity contribution >= 4 is 46.6 Å². The molecule has 40 heavy (non-hydrogen) atoms. The maximum absolute atomic E-state index is 13.0. The number of fused-ring (bicyclic) bond motifs is 2. The van der Waals surface area contributed by atoms with Crippen LogP contribution in [0.1, 0.15) is 46.2 Å². The molecule has 1 aliphatic heterocycles. The number of benzene rings is 2. The maximum Gasteiger partial charge on any atom is 0.359 e. The van der Waals surface area contributed by atoms with E-state index >= 15 is 0 Å². The van der Waals surface area contributed by atoms with Gasteiger partial charge in [-0.25, -0.2) is 29.5 Å². The first-order valence-corrected chi connectivity index (χ1v) is 12.2. The zero-order valence-electron chi connectivity index (χ0n) is 21.4. The van der Waals surface area contributed by atoms with Gasteiger partial charge in [-0.15, -0.1) is 0 Å². The van der Waals surface area contributed by atoms with E-state index in [2.05, 4.69) is 19.9 Å². The predicted molar refractivity (Wildman–Crippen MR) is 142 cm³/mol. The molecular weight excluding hydrogens is 512 g/mol. The molecule has 2 aromatic heterocycles. The van der Waals surface area contributed by atoms with Crippen LogP contribution in [0.3, 0.4) is 0 Å². The Kier molecular flexibility index (Phi) is 6.99. The number of rotatable bonds is 6. The second-order valence-electron chi connectivity index (χ2n) is 8.14. The van der Waals surface area contributed by atoms with Gasteiger partial charge < -0.3 is 9.47 Å². The minimum atomic E-state index is -0.866. The van der Waals surface area contributed by atoms with Crippen LogP contribution in [0.25, 0.3) is 0 Å². The minimum absolute atomic E-state index is 0.0369. The quantitative estimate of drug-likeness (QED) is 0.280. The summed E-state index contributed by atoms with van der Waals surface area (Å²) in [7, 11) is 0. The number of hydrogen-bond donors (Lipinski definition) is 0. The lowest BCUT2D eigenvalue weighted by Crippen LogP contribution is -2.31. The Hall–Kier alpha value is -5.88. The summed E-state index contributed by atoms with van der Waals surface area (Å²) in [4.78, 5) is 47.3. The highest BCUT2D eigenvalue weighted by molar-refractivity contribution is 6.04. The molecule has 0 amide bonds. The van der Waals surface area contributed by atoms with Crippen LogP contribution in [0.5, 0.6) is 0 Å². The number of aromatic nitrogens is 4. The van der Waals surface area contributed by atoms with Crippen LogP contribution in [0.4, 0.5) is 34.6 Å². The topological polar surface area (TPSA) is 158 Å². The summed E-state index contributed by atoms with van der Waals surface area (Å²) in [5.74, 6) is -1.19. The summed E-state index contributed by atoms with van der Waals surface area (Å²) in [6, 6.07) is 21.7. The van der Waals surface area contributed by atoms with Gasteiger partial charge in [0.1, 0.15) is 12.1 Å². The third kappa shape index (κ3) is 4.40. The predicted octanol–water partition coefficient (Wildman–Crippen LogP) is 4.62. The Bertz CT molecular complexity index is 1570. The van der Waals surface area contributed by atoms with Crippen LogP contribution in [-0.2, 0) is 9.47 Å². The summed E-state index contributed by atoms with van der Waals surface area (Å²) in [5, 5.41) is 19.5. The van der Waals surface area contributed by atoms with Crippen molar-refractivity contribution in [2.45, 2.75) is 13.8 Å². The largest absolute Gasteiger partial charge is 0.461 e. The lowest BCUT2D eigenvalue weighted by Gasteiger charge is -2.36. The van der Waals surface area contributed by atoms with E-state index in [1.807, 2.05) is 24.3 Å². The molecule has 0 N–H and O–H groups in total. The fourth-order valence-corrected chi connectivity index (χ4v) is 4.12. The van der Waals surface area contributed by atoms with Crippen LogP contribution < -0.4 is 9.80 Å². The molecule has 4 aromatic rings. The van der Waals surface area contributed by atoms with Gasteiger partial charge in [0.05, 0.1) is 13.2 Å². The third-order valence-corrected chi connectivity index (χ3v) is 5.74. The average molecular weight is 533 g/mol. The van der Waals surface area contributed by atoms with Gasteiger partial charge in [-0.05, 0) is 38.1 Å². The maximum atomic E-state index is 13.0. The van der Waals surface area contributed by atoms with Gasteiger partial charge in [0.15, 0.2) is 46.0 Å². The van der Waals surface area contributed by atoms with Gasteiger partial charge in [-0.2, -0.15) is 10.5 Å². The van der Waals surface area contributed by atoms with E-state index in [4.69, 9.17) is 9.47 Å². The lowest BCUT2D eigenvalue weighted by atomic mass is 10.2. The molecule has 0 aliphatic carbocycles. The summed E-state index contributed by atoms with van der Waals surface area (Å²) in [6.45, 7) is 3.33. The number of anilines is 6. The molecule has 196 valence electrons. The number of hydrogen-bond acceptors (Lipinski definition) is 12. The van der Waals surface area contributed by atoms with Crippen LogP contribution in [0.2, 0.25) is 0 Å². The Balaban J connectivity index is 1.91. The number of carbonyl (C=O) groups excluding carboxylic acids is 2. The van der Waals surface area contributed by atoms with E-state index in [-0.39, 0.29) is 59.3 Å². The number of nitriles is 2. The van der Waals surface area contributed by atoms with Gasteiger partial charge in [-0.1, -0.05) is 36.4 Å². The van der Waals surface area contributed by atoms with Crippen LogP contribution >= 0.6 is 0 Å². The van der Waals surface area contributed by atoms with Gasteiger partial charge >= 0.3 is 11.9 Å². The fraction of sp³-hybridized carbons (Fsp3) is 0.143. The van der Waals surface area contributed by atoms with Gasteiger partial charge in [-0.3, -0.25) is 9.80 Å². The number of nitrogens with zero attached hydrogens (tertiary/aromatic N) is 8. The van der Waals surface area contributed by atoms with E-state index in [0.29, 0.717) is 11.4 Å². The van der Waals surface area contributed by atoms with Gasteiger partial charge in [0.2, 0.25) is 0 Å². The highest BCUT2D eigenvalue weighted by Crippen LogP contribution is 2.51. The monoisotopic (exact) mass is 532 g/mol. The fourth-order valence-electron chi connectivity index (χ4n) is 4.12. The van der Waals surface area contributed by atoms with Crippen molar-refractivity contribution in [1.82, 2.24) is 19.9 Å². The highest BCUT2D eigenvalue weighted by atomic mass is 16.5. The minimum Gasteiger partial charge on any atom is -0.461 e. The second-order valence-corrected chi connectivity index (χ2v) is 8.14. The summed E-state index contributed by atoms with van der Waals surface area (Å²) in [6.07, 6.45) is 0. The Morgan fingerprint density at radius 3 is 1.32 bits per heavy atom. The van der Waals surface area contributed by atoms with Crippen LogP contribution in [0.15, 0.2) is 60.7 Å². The molecule has 0 radical (unpaired) electrons. The van der Waals surface area contributed by atoms with Crippen molar-refractivity contribution in [3.05, 3.63) is 83.4 Å². The highest BCUT2D eigenvalue weighted by Gasteiger charge is 2.39. The molecular formula is C28H20N8O4. The van der Waals surface area contributed by atoms with E-state index in [1.165, 1.54) is 0 Å². The van der Waals surface area contributed by atoms with Crippen molar-refractivity contribution in [1.29, 1.82) is 10.5 Å². The molecule has 0 spiro atoms. The SMILES string of the molecule is CCOC(=O)c1nc2c(nc1C(=O)OCC)N(c1ccccc1)c1nc(C#N)c(C#N)nc1N2c1ccccc1. The number of carbonyl (C=O) groups is 2. The second kappa shape index (κ2) is 10.8. The summed E-state index contributed by atoms with van der Waals surface area (Å²) in [5.41, 5.74) is 0.0139. The first-order valence-electron chi connectivity index (χ1n) is 12.2. The van der Waals surface area contributed by atoms with Crippen LogP contribution in [0, 0.1) is 22.7 Å². The molecule has 5 rings (SSSR count). The van der Waals surface area contributed by atoms with Crippen molar-refractivity contribution in [3.8, 4) is 12.1 Å². The zero-order chi connectivity index (χ0) is 28.2. The third-order valence-electron chi connectivity index (χ3n) is 5.74. The van der Waals surface area contributed by atoms with Crippen molar-refractivity contribution in [2.75, 3.05) is 23.0 Å². The summed E-state index contributed by atoms with van der Waals surface area (Å²) < 4.78 is 10.4. The standard InChI is InChI=1S/C28H20N8O4/c1-3-39-27(37)21-22(28(38)40-4-2)34-26-25(33-21)35(17-11-7-5-8-12-17)23-24(32-20(16-30)19(15-29)31-23)36(26)18-13-9-6-10-14-18/h5-14H,3-4H2,1-2H3. The lowest BCUT2D eigenvalue weighted by molar-refractivity contribution is 0.0468.